The first-order valence-corrected chi connectivity index (χ1v) is 7.21. The highest BCUT2D eigenvalue weighted by Gasteiger charge is 2.41. The zero-order valence-corrected chi connectivity index (χ0v) is 14.1. The number of halogens is 1. The maximum Gasteiger partial charge on any atom is 0.253 e. The van der Waals surface area contributed by atoms with E-state index < -0.39 is 0 Å². The van der Waals surface area contributed by atoms with Crippen LogP contribution in [0.3, 0.4) is 0 Å². The lowest BCUT2D eigenvalue weighted by atomic mass is 9.95. The lowest BCUT2D eigenvalue weighted by molar-refractivity contribution is 0.0827. The van der Waals surface area contributed by atoms with Crippen molar-refractivity contribution in [3.05, 3.63) is 35.4 Å². The van der Waals surface area contributed by atoms with Crippen molar-refractivity contribution in [1.29, 1.82) is 0 Å². The second-order valence-corrected chi connectivity index (χ2v) is 6.13. The van der Waals surface area contributed by atoms with Gasteiger partial charge >= 0.3 is 0 Å². The Morgan fingerprint density at radius 2 is 1.91 bits per heavy atom. The van der Waals surface area contributed by atoms with Gasteiger partial charge in [0.2, 0.25) is 0 Å². The Hall–Kier alpha value is -1.59. The zero-order chi connectivity index (χ0) is 15.6. The van der Waals surface area contributed by atoms with Gasteiger partial charge in [0.05, 0.1) is 5.54 Å². The van der Waals surface area contributed by atoms with Crippen LogP contribution in [0.5, 0.6) is 0 Å². The number of benzene rings is 1. The first-order chi connectivity index (χ1) is 9.87. The minimum atomic E-state index is -0.362. The monoisotopic (exact) mass is 325 g/mol. The molecule has 1 aromatic rings. The molecule has 1 aliphatic rings. The van der Waals surface area contributed by atoms with Crippen LogP contribution >= 0.6 is 12.4 Å². The predicted molar refractivity (Wildman–Crippen MR) is 89.4 cm³/mol. The molecule has 3 N–H and O–H groups in total. The molecule has 1 atom stereocenters. The summed E-state index contributed by atoms with van der Waals surface area (Å²) in [4.78, 5) is 25.8. The molecule has 2 rings (SSSR count). The second kappa shape index (κ2) is 7.11. The minimum Gasteiger partial charge on any atom is -0.345 e. The number of carbonyl (C=O) groups is 2. The van der Waals surface area contributed by atoms with Gasteiger partial charge in [-0.1, -0.05) is 6.07 Å². The molecule has 0 saturated heterocycles. The summed E-state index contributed by atoms with van der Waals surface area (Å²) in [7, 11) is 3.38. The van der Waals surface area contributed by atoms with E-state index in [1.807, 2.05) is 6.92 Å². The Balaban J connectivity index is 0.00000242. The Kier molecular flexibility index (Phi) is 5.97. The standard InChI is InChI=1S/C16H23N3O2.ClH/c1-16(10-17,13-7-8-13)18-14(20)11-5-4-6-12(9-11)15(21)19(2)3;/h4-6,9,13H,7-8,10,17H2,1-3H3,(H,18,20);1H. The van der Waals surface area contributed by atoms with E-state index in [9.17, 15) is 9.59 Å². The SMILES string of the molecule is CN(C)C(=O)c1cccc(C(=O)NC(C)(CN)C2CC2)c1.Cl. The molecule has 0 aliphatic heterocycles. The largest absolute Gasteiger partial charge is 0.345 e. The summed E-state index contributed by atoms with van der Waals surface area (Å²) >= 11 is 0. The smallest absolute Gasteiger partial charge is 0.253 e. The molecule has 2 amide bonds. The van der Waals surface area contributed by atoms with Crippen molar-refractivity contribution in [3.63, 3.8) is 0 Å². The van der Waals surface area contributed by atoms with Crippen LogP contribution in [0.4, 0.5) is 0 Å². The third kappa shape index (κ3) is 3.99. The van der Waals surface area contributed by atoms with Gasteiger partial charge in [0, 0.05) is 31.8 Å². The van der Waals surface area contributed by atoms with Crippen LogP contribution in [0.1, 0.15) is 40.5 Å². The molecule has 0 bridgehead atoms. The van der Waals surface area contributed by atoms with Crippen LogP contribution < -0.4 is 11.1 Å². The highest BCUT2D eigenvalue weighted by Crippen LogP contribution is 2.39. The highest BCUT2D eigenvalue weighted by atomic mass is 35.5. The van der Waals surface area contributed by atoms with Crippen LogP contribution in [0, 0.1) is 5.92 Å². The topological polar surface area (TPSA) is 75.4 Å². The van der Waals surface area contributed by atoms with Crippen molar-refractivity contribution in [3.8, 4) is 0 Å². The first-order valence-electron chi connectivity index (χ1n) is 7.21. The number of hydrogen-bond donors (Lipinski definition) is 2. The fourth-order valence-electron chi connectivity index (χ4n) is 2.42. The van der Waals surface area contributed by atoms with E-state index in [0.29, 0.717) is 23.6 Å². The predicted octanol–water partition coefficient (Wildman–Crippen LogP) is 1.67. The molecule has 1 unspecified atom stereocenters. The number of amides is 2. The lowest BCUT2D eigenvalue weighted by Gasteiger charge is -2.29. The number of carbonyl (C=O) groups excluding carboxylic acids is 2. The summed E-state index contributed by atoms with van der Waals surface area (Å²) in [6, 6.07) is 6.78. The van der Waals surface area contributed by atoms with Crippen molar-refractivity contribution < 1.29 is 9.59 Å². The number of nitrogens with two attached hydrogens (primary N) is 1. The Labute approximate surface area is 137 Å². The molecule has 0 radical (unpaired) electrons. The van der Waals surface area contributed by atoms with Gasteiger partial charge in [-0.05, 0) is 43.9 Å². The van der Waals surface area contributed by atoms with Gasteiger partial charge in [0.1, 0.15) is 0 Å². The highest BCUT2D eigenvalue weighted by molar-refractivity contribution is 5.99. The van der Waals surface area contributed by atoms with Crippen LogP contribution in [0.15, 0.2) is 24.3 Å². The van der Waals surface area contributed by atoms with Gasteiger partial charge in [-0.25, -0.2) is 0 Å². The third-order valence-electron chi connectivity index (χ3n) is 4.08. The lowest BCUT2D eigenvalue weighted by Crippen LogP contribution is -2.53. The van der Waals surface area contributed by atoms with Crippen molar-refractivity contribution in [2.24, 2.45) is 11.7 Å². The van der Waals surface area contributed by atoms with Gasteiger partial charge in [-0.3, -0.25) is 9.59 Å². The molecule has 122 valence electrons. The molecular weight excluding hydrogens is 302 g/mol. The van der Waals surface area contributed by atoms with Gasteiger partial charge < -0.3 is 16.0 Å². The molecule has 1 fully saturated rings. The number of nitrogens with one attached hydrogen (secondary N) is 1. The Bertz CT molecular complexity index is 558. The minimum absolute atomic E-state index is 0. The molecule has 5 nitrogen and oxygen atoms in total. The van der Waals surface area contributed by atoms with E-state index in [-0.39, 0.29) is 29.8 Å². The van der Waals surface area contributed by atoms with Gasteiger partial charge in [-0.2, -0.15) is 0 Å². The normalized spacial score (nSPS) is 16.2. The van der Waals surface area contributed by atoms with E-state index in [1.54, 1.807) is 38.4 Å². The summed E-state index contributed by atoms with van der Waals surface area (Å²) in [5.74, 6) is 0.162. The average molecular weight is 326 g/mol. The molecule has 0 aromatic heterocycles. The molecule has 22 heavy (non-hydrogen) atoms. The van der Waals surface area contributed by atoms with Crippen molar-refractivity contribution >= 4 is 24.2 Å². The Morgan fingerprint density at radius 3 is 2.41 bits per heavy atom. The van der Waals surface area contributed by atoms with Crippen LogP contribution in [-0.4, -0.2) is 42.9 Å². The molecule has 1 aliphatic carbocycles. The maximum atomic E-state index is 12.4. The molecule has 6 heteroatoms. The number of rotatable bonds is 5. The van der Waals surface area contributed by atoms with E-state index in [4.69, 9.17) is 5.73 Å². The fourth-order valence-corrected chi connectivity index (χ4v) is 2.42. The summed E-state index contributed by atoms with van der Waals surface area (Å²) in [5, 5.41) is 3.03. The zero-order valence-electron chi connectivity index (χ0n) is 13.3. The number of hydrogen-bond acceptors (Lipinski definition) is 3. The quantitative estimate of drug-likeness (QED) is 0.864. The van der Waals surface area contributed by atoms with E-state index in [2.05, 4.69) is 5.32 Å². The molecule has 0 heterocycles. The van der Waals surface area contributed by atoms with Gasteiger partial charge in [-0.15, -0.1) is 12.4 Å². The van der Waals surface area contributed by atoms with E-state index in [0.717, 1.165) is 12.8 Å². The third-order valence-corrected chi connectivity index (χ3v) is 4.08. The summed E-state index contributed by atoms with van der Waals surface area (Å²) < 4.78 is 0. The molecular formula is C16H24ClN3O2. The van der Waals surface area contributed by atoms with E-state index in [1.165, 1.54) is 4.90 Å². The molecule has 1 saturated carbocycles. The fraction of sp³-hybridized carbons (Fsp3) is 0.500. The number of nitrogens with zero attached hydrogens (tertiary/aromatic N) is 1. The summed E-state index contributed by atoms with van der Waals surface area (Å²) in [5.41, 5.74) is 6.45. The van der Waals surface area contributed by atoms with Crippen molar-refractivity contribution in [1.82, 2.24) is 10.2 Å². The van der Waals surface area contributed by atoms with Gasteiger partial charge in [0.25, 0.3) is 11.8 Å². The summed E-state index contributed by atoms with van der Waals surface area (Å²) in [6.07, 6.45) is 2.21. The molecule has 1 aromatic carbocycles. The van der Waals surface area contributed by atoms with Crippen LogP contribution in [0.25, 0.3) is 0 Å². The first kappa shape index (κ1) is 18.5. The maximum absolute atomic E-state index is 12.4. The van der Waals surface area contributed by atoms with Crippen LogP contribution in [-0.2, 0) is 0 Å². The molecule has 0 spiro atoms. The summed E-state index contributed by atoms with van der Waals surface area (Å²) in [6.45, 7) is 2.40. The van der Waals surface area contributed by atoms with Crippen LogP contribution in [0.2, 0.25) is 0 Å². The second-order valence-electron chi connectivity index (χ2n) is 6.13. The van der Waals surface area contributed by atoms with E-state index >= 15 is 0 Å². The van der Waals surface area contributed by atoms with Crippen molar-refractivity contribution in [2.45, 2.75) is 25.3 Å². The Morgan fingerprint density at radius 1 is 1.32 bits per heavy atom. The van der Waals surface area contributed by atoms with Gasteiger partial charge in [0.15, 0.2) is 0 Å². The van der Waals surface area contributed by atoms with Crippen molar-refractivity contribution in [2.75, 3.05) is 20.6 Å². The average Bonchev–Trinajstić information content (AvgIpc) is 3.31.